The van der Waals surface area contributed by atoms with E-state index >= 15 is 0 Å². The normalized spacial score (nSPS) is 25.1. The molecule has 3 rings (SSSR count). The number of nitriles is 1. The summed E-state index contributed by atoms with van der Waals surface area (Å²) in [5.41, 5.74) is 3.80. The number of benzene rings is 1. The number of rotatable bonds is 9. The topological polar surface area (TPSA) is 23.8 Å². The van der Waals surface area contributed by atoms with Crippen LogP contribution in [0.1, 0.15) is 102 Å². The molecule has 1 atom stereocenters. The third-order valence-corrected chi connectivity index (χ3v) is 7.39. The molecule has 2 aliphatic carbocycles. The zero-order valence-corrected chi connectivity index (χ0v) is 18.0. The zero-order chi connectivity index (χ0) is 19.6. The average molecular weight is 378 g/mol. The van der Waals surface area contributed by atoms with Crippen molar-refractivity contribution in [1.82, 2.24) is 0 Å². The van der Waals surface area contributed by atoms with E-state index in [1.165, 1.54) is 89.0 Å². The van der Waals surface area contributed by atoms with Crippen LogP contribution in [0.15, 0.2) is 35.9 Å². The van der Waals surface area contributed by atoms with Crippen LogP contribution in [0.2, 0.25) is 0 Å². The second kappa shape index (κ2) is 11.5. The summed E-state index contributed by atoms with van der Waals surface area (Å²) in [4.78, 5) is 0. The molecule has 0 aromatic heterocycles. The fourth-order valence-corrected chi connectivity index (χ4v) is 5.42. The molecule has 2 aliphatic rings. The number of unbranched alkanes of at least 4 members (excludes halogenated alkanes) is 3. The van der Waals surface area contributed by atoms with E-state index in [9.17, 15) is 0 Å². The highest BCUT2D eigenvalue weighted by Crippen LogP contribution is 2.41. The van der Waals surface area contributed by atoms with Gasteiger partial charge < -0.3 is 0 Å². The molecule has 0 amide bonds. The molecule has 28 heavy (non-hydrogen) atoms. The lowest BCUT2D eigenvalue weighted by molar-refractivity contribution is 0.185. The molecule has 0 spiro atoms. The van der Waals surface area contributed by atoms with Gasteiger partial charge in [0.2, 0.25) is 0 Å². The zero-order valence-electron chi connectivity index (χ0n) is 18.0. The maximum Gasteiger partial charge on any atom is 0.0991 e. The summed E-state index contributed by atoms with van der Waals surface area (Å²) >= 11 is 0. The van der Waals surface area contributed by atoms with E-state index < -0.39 is 0 Å². The smallest absolute Gasteiger partial charge is 0.0991 e. The van der Waals surface area contributed by atoms with Crippen LogP contribution in [0.3, 0.4) is 0 Å². The van der Waals surface area contributed by atoms with Crippen molar-refractivity contribution in [2.24, 2.45) is 17.8 Å². The van der Waals surface area contributed by atoms with Crippen LogP contribution in [0.25, 0.3) is 0 Å². The third kappa shape index (κ3) is 6.51. The van der Waals surface area contributed by atoms with E-state index in [0.717, 1.165) is 29.7 Å². The molecule has 1 heteroatoms. The Kier molecular flexibility index (Phi) is 8.66. The Bertz CT molecular complexity index is 640. The van der Waals surface area contributed by atoms with Gasteiger partial charge in [0.25, 0.3) is 0 Å². The van der Waals surface area contributed by atoms with Gasteiger partial charge in [0.1, 0.15) is 0 Å². The first-order chi connectivity index (χ1) is 13.8. The molecular weight excluding hydrogens is 338 g/mol. The van der Waals surface area contributed by atoms with E-state index in [4.69, 9.17) is 5.26 Å². The van der Waals surface area contributed by atoms with Gasteiger partial charge in [-0.3, -0.25) is 0 Å². The van der Waals surface area contributed by atoms with Crippen LogP contribution in [0, 0.1) is 29.1 Å². The van der Waals surface area contributed by atoms with Gasteiger partial charge in [0, 0.05) is 0 Å². The first-order valence-corrected chi connectivity index (χ1v) is 12.0. The Labute approximate surface area is 173 Å². The lowest BCUT2D eigenvalue weighted by atomic mass is 9.70. The van der Waals surface area contributed by atoms with Gasteiger partial charge in [-0.25, -0.2) is 0 Å². The van der Waals surface area contributed by atoms with Crippen molar-refractivity contribution >= 4 is 0 Å². The van der Waals surface area contributed by atoms with Gasteiger partial charge in [0.15, 0.2) is 0 Å². The highest BCUT2D eigenvalue weighted by Gasteiger charge is 2.28. The molecule has 1 aromatic carbocycles. The summed E-state index contributed by atoms with van der Waals surface area (Å²) in [6, 6.07) is 10.3. The van der Waals surface area contributed by atoms with Gasteiger partial charge in [-0.15, -0.1) is 0 Å². The first-order valence-electron chi connectivity index (χ1n) is 12.0. The predicted octanol–water partition coefficient (Wildman–Crippen LogP) is 7.99. The van der Waals surface area contributed by atoms with Gasteiger partial charge in [-0.2, -0.15) is 5.26 Å². The van der Waals surface area contributed by atoms with Gasteiger partial charge in [-0.05, 0) is 80.4 Å². The summed E-state index contributed by atoms with van der Waals surface area (Å²) in [5.74, 6) is 3.00. The Morgan fingerprint density at radius 2 is 1.68 bits per heavy atom. The number of aryl methyl sites for hydroxylation is 1. The lowest BCUT2D eigenvalue weighted by Crippen LogP contribution is -2.23. The first kappa shape index (κ1) is 21.2. The lowest BCUT2D eigenvalue weighted by Gasteiger charge is -2.35. The van der Waals surface area contributed by atoms with E-state index in [-0.39, 0.29) is 0 Å². The SMILES string of the molecule is CCCCCCC1CCC(C2CC=C(CCc3ccc(C#N)cc3)CC2)CC1. The molecule has 0 saturated heterocycles. The number of hydrogen-bond donors (Lipinski definition) is 0. The monoisotopic (exact) mass is 377 g/mol. The maximum atomic E-state index is 8.91. The Morgan fingerprint density at radius 1 is 0.893 bits per heavy atom. The minimum Gasteiger partial charge on any atom is -0.192 e. The molecule has 0 aliphatic heterocycles. The van der Waals surface area contributed by atoms with Crippen molar-refractivity contribution in [3.63, 3.8) is 0 Å². The Hall–Kier alpha value is -1.55. The molecule has 0 N–H and O–H groups in total. The quantitative estimate of drug-likeness (QED) is 0.316. The fourth-order valence-electron chi connectivity index (χ4n) is 5.42. The molecule has 1 aromatic rings. The van der Waals surface area contributed by atoms with Crippen LogP contribution in [0.5, 0.6) is 0 Å². The summed E-state index contributed by atoms with van der Waals surface area (Å²) < 4.78 is 0. The van der Waals surface area contributed by atoms with Crippen LogP contribution < -0.4 is 0 Å². The Balaban J connectivity index is 1.35. The van der Waals surface area contributed by atoms with E-state index in [1.807, 2.05) is 12.1 Å². The molecule has 152 valence electrons. The van der Waals surface area contributed by atoms with Crippen LogP contribution >= 0.6 is 0 Å². The van der Waals surface area contributed by atoms with E-state index in [0.29, 0.717) is 0 Å². The predicted molar refractivity (Wildman–Crippen MR) is 119 cm³/mol. The van der Waals surface area contributed by atoms with Gasteiger partial charge >= 0.3 is 0 Å². The highest BCUT2D eigenvalue weighted by atomic mass is 14.3. The molecule has 0 heterocycles. The van der Waals surface area contributed by atoms with Crippen molar-refractivity contribution in [2.75, 3.05) is 0 Å². The number of allylic oxidation sites excluding steroid dienone is 2. The van der Waals surface area contributed by atoms with Gasteiger partial charge in [-0.1, -0.05) is 75.7 Å². The van der Waals surface area contributed by atoms with Crippen molar-refractivity contribution in [2.45, 2.75) is 96.8 Å². The van der Waals surface area contributed by atoms with E-state index in [2.05, 4.69) is 31.2 Å². The molecule has 1 unspecified atom stereocenters. The molecular formula is C27H39N. The van der Waals surface area contributed by atoms with Crippen molar-refractivity contribution in [3.05, 3.63) is 47.0 Å². The average Bonchev–Trinajstić information content (AvgIpc) is 2.76. The largest absolute Gasteiger partial charge is 0.192 e. The molecule has 1 fully saturated rings. The summed E-state index contributed by atoms with van der Waals surface area (Å²) in [5, 5.41) is 8.91. The van der Waals surface area contributed by atoms with Crippen LogP contribution in [-0.2, 0) is 6.42 Å². The Morgan fingerprint density at radius 3 is 2.32 bits per heavy atom. The van der Waals surface area contributed by atoms with Crippen LogP contribution in [-0.4, -0.2) is 0 Å². The van der Waals surface area contributed by atoms with Crippen molar-refractivity contribution in [1.29, 1.82) is 5.26 Å². The molecule has 1 saturated carbocycles. The summed E-state index contributed by atoms with van der Waals surface area (Å²) in [7, 11) is 0. The summed E-state index contributed by atoms with van der Waals surface area (Å²) in [6.07, 6.45) is 22.2. The van der Waals surface area contributed by atoms with Crippen molar-refractivity contribution < 1.29 is 0 Å². The number of nitrogens with zero attached hydrogens (tertiary/aromatic N) is 1. The minimum atomic E-state index is 0.763. The second-order valence-electron chi connectivity index (χ2n) is 9.34. The standard InChI is InChI=1S/C27H39N/c1-2-3-4-5-6-22-13-17-26(18-14-22)27-19-15-24(16-20-27)8-7-23-9-11-25(21-28)12-10-23/h9-12,15,22,26-27H,2-8,13-14,16-20H2,1H3. The third-order valence-electron chi connectivity index (χ3n) is 7.39. The number of hydrogen-bond acceptors (Lipinski definition) is 1. The van der Waals surface area contributed by atoms with Gasteiger partial charge in [0.05, 0.1) is 11.6 Å². The fraction of sp³-hybridized carbons (Fsp3) is 0.667. The summed E-state index contributed by atoms with van der Waals surface area (Å²) in [6.45, 7) is 2.31. The molecule has 0 bridgehead atoms. The minimum absolute atomic E-state index is 0.763. The highest BCUT2D eigenvalue weighted by molar-refractivity contribution is 5.32. The molecule has 0 radical (unpaired) electrons. The maximum absolute atomic E-state index is 8.91. The van der Waals surface area contributed by atoms with Crippen LogP contribution in [0.4, 0.5) is 0 Å². The van der Waals surface area contributed by atoms with Crippen molar-refractivity contribution in [3.8, 4) is 6.07 Å². The van der Waals surface area contributed by atoms with E-state index in [1.54, 1.807) is 5.57 Å². The molecule has 1 nitrogen and oxygen atoms in total. The second-order valence-corrected chi connectivity index (χ2v) is 9.34.